The lowest BCUT2D eigenvalue weighted by atomic mass is 9.80. The summed E-state index contributed by atoms with van der Waals surface area (Å²) in [6, 6.07) is 1.84. The fraction of sp³-hybridized carbons (Fsp3) is 0.647. The standard InChI is InChI=1S/C17H21ClF3N3O/c1-10-13(7-8-25-2)16(18)24-15(22-10)9-14(23-24)11-3-5-12(6-4-11)17(19,20)21/h9,11-12H,3-8H2,1-2H3. The van der Waals surface area contributed by atoms with E-state index in [-0.39, 0.29) is 18.8 Å². The smallest absolute Gasteiger partial charge is 0.384 e. The maximum atomic E-state index is 12.8. The van der Waals surface area contributed by atoms with Crippen LogP contribution in [-0.4, -0.2) is 34.5 Å². The van der Waals surface area contributed by atoms with Crippen LogP contribution >= 0.6 is 11.6 Å². The lowest BCUT2D eigenvalue weighted by Gasteiger charge is -2.28. The fourth-order valence-corrected chi connectivity index (χ4v) is 3.89. The molecule has 0 radical (unpaired) electrons. The minimum absolute atomic E-state index is 0.0269. The molecule has 25 heavy (non-hydrogen) atoms. The van der Waals surface area contributed by atoms with E-state index in [1.54, 1.807) is 11.6 Å². The summed E-state index contributed by atoms with van der Waals surface area (Å²) in [7, 11) is 1.62. The Labute approximate surface area is 149 Å². The van der Waals surface area contributed by atoms with Gasteiger partial charge in [-0.15, -0.1) is 0 Å². The van der Waals surface area contributed by atoms with Crippen LogP contribution in [0.25, 0.3) is 5.65 Å². The molecule has 4 nitrogen and oxygen atoms in total. The summed E-state index contributed by atoms with van der Waals surface area (Å²) in [5.41, 5.74) is 3.11. The molecule has 2 aromatic rings. The zero-order valence-corrected chi connectivity index (χ0v) is 15.0. The van der Waals surface area contributed by atoms with Gasteiger partial charge in [0, 0.05) is 36.8 Å². The summed E-state index contributed by atoms with van der Waals surface area (Å²) in [6.07, 6.45) is -2.18. The molecule has 1 fully saturated rings. The van der Waals surface area contributed by atoms with Crippen LogP contribution in [0, 0.1) is 12.8 Å². The van der Waals surface area contributed by atoms with Crippen molar-refractivity contribution in [2.24, 2.45) is 5.92 Å². The molecule has 0 aromatic carbocycles. The number of ether oxygens (including phenoxy) is 1. The van der Waals surface area contributed by atoms with Gasteiger partial charge in [0.05, 0.1) is 18.2 Å². The van der Waals surface area contributed by atoms with Crippen LogP contribution in [0.15, 0.2) is 6.07 Å². The number of nitrogens with zero attached hydrogens (tertiary/aromatic N) is 3. The van der Waals surface area contributed by atoms with Crippen LogP contribution < -0.4 is 0 Å². The van der Waals surface area contributed by atoms with Gasteiger partial charge in [-0.05, 0) is 32.6 Å². The van der Waals surface area contributed by atoms with Crippen molar-refractivity contribution in [2.45, 2.75) is 51.1 Å². The summed E-state index contributed by atoms with van der Waals surface area (Å²) in [4.78, 5) is 4.54. The average Bonchev–Trinajstić information content (AvgIpc) is 2.98. The van der Waals surface area contributed by atoms with Gasteiger partial charge in [0.2, 0.25) is 0 Å². The van der Waals surface area contributed by atoms with Gasteiger partial charge in [0.25, 0.3) is 0 Å². The highest BCUT2D eigenvalue weighted by atomic mass is 35.5. The van der Waals surface area contributed by atoms with Gasteiger partial charge in [-0.25, -0.2) is 9.50 Å². The largest absolute Gasteiger partial charge is 0.391 e. The van der Waals surface area contributed by atoms with Crippen LogP contribution in [0.1, 0.15) is 48.6 Å². The number of aryl methyl sites for hydroxylation is 1. The van der Waals surface area contributed by atoms with E-state index < -0.39 is 12.1 Å². The van der Waals surface area contributed by atoms with Crippen molar-refractivity contribution >= 4 is 17.2 Å². The minimum Gasteiger partial charge on any atom is -0.384 e. The predicted octanol–water partition coefficient (Wildman–Crippen LogP) is 4.72. The van der Waals surface area contributed by atoms with E-state index in [1.807, 2.05) is 13.0 Å². The van der Waals surface area contributed by atoms with Crippen molar-refractivity contribution in [1.29, 1.82) is 0 Å². The SMILES string of the molecule is COCCc1c(C)nc2cc(C3CCC(C(F)(F)F)CC3)nn2c1Cl. The third-order valence-electron chi connectivity index (χ3n) is 5.03. The Balaban J connectivity index is 1.83. The quantitative estimate of drug-likeness (QED) is 0.726. The van der Waals surface area contributed by atoms with E-state index in [0.29, 0.717) is 36.7 Å². The molecule has 3 rings (SSSR count). The molecule has 0 spiro atoms. The molecule has 2 heterocycles. The normalized spacial score (nSPS) is 21.8. The highest BCUT2D eigenvalue weighted by Crippen LogP contribution is 2.42. The van der Waals surface area contributed by atoms with Gasteiger partial charge in [0.1, 0.15) is 5.15 Å². The van der Waals surface area contributed by atoms with Gasteiger partial charge in [-0.1, -0.05) is 11.6 Å². The summed E-state index contributed by atoms with van der Waals surface area (Å²) < 4.78 is 45.2. The molecule has 0 bridgehead atoms. The summed E-state index contributed by atoms with van der Waals surface area (Å²) in [6.45, 7) is 2.42. The van der Waals surface area contributed by atoms with Crippen molar-refractivity contribution < 1.29 is 17.9 Å². The maximum Gasteiger partial charge on any atom is 0.391 e. The van der Waals surface area contributed by atoms with Crippen LogP contribution in [-0.2, 0) is 11.2 Å². The van der Waals surface area contributed by atoms with Gasteiger partial charge in [0.15, 0.2) is 5.65 Å². The number of methoxy groups -OCH3 is 1. The highest BCUT2D eigenvalue weighted by molar-refractivity contribution is 6.30. The first kappa shape index (κ1) is 18.5. The molecular formula is C17H21ClF3N3O. The first-order valence-electron chi connectivity index (χ1n) is 8.41. The average molecular weight is 376 g/mol. The summed E-state index contributed by atoms with van der Waals surface area (Å²) in [5.74, 6) is -1.16. The molecule has 0 aliphatic heterocycles. The molecule has 1 aliphatic rings. The minimum atomic E-state index is -4.10. The van der Waals surface area contributed by atoms with Crippen molar-refractivity contribution in [3.63, 3.8) is 0 Å². The topological polar surface area (TPSA) is 39.4 Å². The number of fused-ring (bicyclic) bond motifs is 1. The lowest BCUT2D eigenvalue weighted by Crippen LogP contribution is -2.27. The number of hydrogen-bond donors (Lipinski definition) is 0. The first-order chi connectivity index (χ1) is 11.8. The van der Waals surface area contributed by atoms with Gasteiger partial charge < -0.3 is 4.74 Å². The van der Waals surface area contributed by atoms with E-state index in [4.69, 9.17) is 16.3 Å². The Morgan fingerprint density at radius 2 is 1.96 bits per heavy atom. The number of halogens is 4. The van der Waals surface area contributed by atoms with E-state index in [9.17, 15) is 13.2 Å². The fourth-order valence-electron chi connectivity index (χ4n) is 3.53. The van der Waals surface area contributed by atoms with Crippen molar-refractivity contribution in [3.8, 4) is 0 Å². The second kappa shape index (κ2) is 7.11. The van der Waals surface area contributed by atoms with Crippen molar-refractivity contribution in [2.75, 3.05) is 13.7 Å². The van der Waals surface area contributed by atoms with E-state index in [0.717, 1.165) is 17.0 Å². The third kappa shape index (κ3) is 3.77. The van der Waals surface area contributed by atoms with E-state index >= 15 is 0 Å². The van der Waals surface area contributed by atoms with Crippen LogP contribution in [0.2, 0.25) is 5.15 Å². The lowest BCUT2D eigenvalue weighted by molar-refractivity contribution is -0.182. The Morgan fingerprint density at radius 1 is 1.28 bits per heavy atom. The summed E-state index contributed by atoms with van der Waals surface area (Å²) in [5, 5.41) is 5.03. The van der Waals surface area contributed by atoms with Gasteiger partial charge in [-0.3, -0.25) is 0 Å². The molecular weight excluding hydrogens is 355 g/mol. The number of hydrogen-bond acceptors (Lipinski definition) is 3. The predicted molar refractivity (Wildman–Crippen MR) is 89.1 cm³/mol. The van der Waals surface area contributed by atoms with Gasteiger partial charge in [-0.2, -0.15) is 18.3 Å². The molecule has 0 atom stereocenters. The second-order valence-corrected chi connectivity index (χ2v) is 7.00. The third-order valence-corrected chi connectivity index (χ3v) is 5.42. The molecule has 0 unspecified atom stereocenters. The molecule has 0 N–H and O–H groups in total. The first-order valence-corrected chi connectivity index (χ1v) is 8.79. The van der Waals surface area contributed by atoms with Crippen LogP contribution in [0.5, 0.6) is 0 Å². The number of alkyl halides is 3. The zero-order chi connectivity index (χ0) is 18.2. The maximum absolute atomic E-state index is 12.8. The zero-order valence-electron chi connectivity index (χ0n) is 14.2. The Bertz CT molecular complexity index is 752. The number of aromatic nitrogens is 3. The van der Waals surface area contributed by atoms with Crippen molar-refractivity contribution in [3.05, 3.63) is 28.2 Å². The van der Waals surface area contributed by atoms with Crippen molar-refractivity contribution in [1.82, 2.24) is 14.6 Å². The van der Waals surface area contributed by atoms with Crippen LogP contribution in [0.4, 0.5) is 13.2 Å². The van der Waals surface area contributed by atoms with Gasteiger partial charge >= 0.3 is 6.18 Å². The second-order valence-electron chi connectivity index (χ2n) is 6.64. The van der Waals surface area contributed by atoms with E-state index in [1.165, 1.54) is 0 Å². The molecule has 0 saturated heterocycles. The molecule has 1 saturated carbocycles. The number of rotatable bonds is 4. The monoisotopic (exact) mass is 375 g/mol. The molecule has 8 heteroatoms. The summed E-state index contributed by atoms with van der Waals surface area (Å²) >= 11 is 6.47. The highest BCUT2D eigenvalue weighted by Gasteiger charge is 2.41. The molecule has 0 amide bonds. The molecule has 1 aliphatic carbocycles. The van der Waals surface area contributed by atoms with E-state index in [2.05, 4.69) is 10.1 Å². The van der Waals surface area contributed by atoms with Crippen LogP contribution in [0.3, 0.4) is 0 Å². The Hall–Kier alpha value is -1.34. The molecule has 138 valence electrons. The Morgan fingerprint density at radius 3 is 2.56 bits per heavy atom. The molecule has 2 aromatic heterocycles. The Kier molecular flexibility index (Phi) is 5.25.